The number of piperidine rings is 1. The molecule has 1 saturated heterocycles. The Morgan fingerprint density at radius 2 is 1.88 bits per heavy atom. The Labute approximate surface area is 97.9 Å². The quantitative estimate of drug-likeness (QED) is 0.723. The van der Waals surface area contributed by atoms with Gasteiger partial charge < -0.3 is 10.4 Å². The second-order valence-electron chi connectivity index (χ2n) is 4.92. The molecule has 0 aromatic rings. The van der Waals surface area contributed by atoms with Crippen LogP contribution in [0, 0.1) is 0 Å². The fourth-order valence-corrected chi connectivity index (χ4v) is 2.65. The van der Waals surface area contributed by atoms with Crippen LogP contribution in [0.25, 0.3) is 0 Å². The Kier molecular flexibility index (Phi) is 4.34. The van der Waals surface area contributed by atoms with Gasteiger partial charge in [0.15, 0.2) is 0 Å². The second-order valence-corrected chi connectivity index (χ2v) is 6.90. The smallest absolute Gasteiger partial charge is 0.211 e. The number of nitrogens with one attached hydrogen (secondary N) is 1. The van der Waals surface area contributed by atoms with Gasteiger partial charge in [0, 0.05) is 25.7 Å². The molecular weight excluding hydrogens is 228 g/mol. The fraction of sp³-hybridized carbons (Fsp3) is 1.00. The zero-order valence-electron chi connectivity index (χ0n) is 10.2. The van der Waals surface area contributed by atoms with Gasteiger partial charge in [-0.2, -0.15) is 0 Å². The number of hydrogen-bond acceptors (Lipinski definition) is 4. The Hall–Kier alpha value is -0.170. The van der Waals surface area contributed by atoms with Crippen LogP contribution in [-0.2, 0) is 10.0 Å². The molecule has 6 heteroatoms. The molecule has 1 rings (SSSR count). The molecule has 1 fully saturated rings. The van der Waals surface area contributed by atoms with E-state index in [1.165, 1.54) is 10.6 Å². The van der Waals surface area contributed by atoms with E-state index in [0.29, 0.717) is 38.5 Å². The topological polar surface area (TPSA) is 69.6 Å². The summed E-state index contributed by atoms with van der Waals surface area (Å²) < 4.78 is 24.0. The summed E-state index contributed by atoms with van der Waals surface area (Å²) in [6, 6.07) is 0.331. The molecule has 2 N–H and O–H groups in total. The first-order chi connectivity index (χ1) is 7.23. The van der Waals surface area contributed by atoms with Crippen LogP contribution < -0.4 is 5.32 Å². The first-order valence-corrected chi connectivity index (χ1v) is 7.49. The highest BCUT2D eigenvalue weighted by atomic mass is 32.2. The molecule has 0 atom stereocenters. The van der Waals surface area contributed by atoms with E-state index in [1.807, 2.05) is 13.8 Å². The van der Waals surface area contributed by atoms with Gasteiger partial charge in [-0.15, -0.1) is 0 Å². The largest absolute Gasteiger partial charge is 0.388 e. The third kappa shape index (κ3) is 4.01. The highest BCUT2D eigenvalue weighted by Gasteiger charge is 2.34. The zero-order chi connectivity index (χ0) is 12.4. The highest BCUT2D eigenvalue weighted by molar-refractivity contribution is 7.88. The summed E-state index contributed by atoms with van der Waals surface area (Å²) in [6.07, 6.45) is 2.21. The Bertz CT molecular complexity index is 319. The van der Waals surface area contributed by atoms with Crippen molar-refractivity contribution < 1.29 is 13.5 Å². The van der Waals surface area contributed by atoms with Crippen molar-refractivity contribution >= 4 is 10.0 Å². The molecule has 0 radical (unpaired) electrons. The number of sulfonamides is 1. The molecule has 5 nitrogen and oxygen atoms in total. The van der Waals surface area contributed by atoms with Crippen molar-refractivity contribution in [3.05, 3.63) is 0 Å². The predicted octanol–water partition coefficient (Wildman–Crippen LogP) is -0.229. The predicted molar refractivity (Wildman–Crippen MR) is 63.7 cm³/mol. The van der Waals surface area contributed by atoms with Crippen LogP contribution >= 0.6 is 0 Å². The average molecular weight is 250 g/mol. The standard InChI is InChI=1S/C10H22N2O3S/c1-9(2)11-8-10(13)4-6-12(7-5-10)16(3,14)15/h9,11,13H,4-8H2,1-3H3. The van der Waals surface area contributed by atoms with Crippen molar-refractivity contribution in [1.82, 2.24) is 9.62 Å². The lowest BCUT2D eigenvalue weighted by atomic mass is 9.92. The van der Waals surface area contributed by atoms with E-state index in [0.717, 1.165) is 0 Å². The summed E-state index contributed by atoms with van der Waals surface area (Å²) in [5.41, 5.74) is -0.758. The Balaban J connectivity index is 2.47. The molecule has 0 aromatic heterocycles. The minimum atomic E-state index is -3.11. The minimum Gasteiger partial charge on any atom is -0.388 e. The summed E-state index contributed by atoms with van der Waals surface area (Å²) in [5, 5.41) is 13.4. The molecule has 0 amide bonds. The number of rotatable bonds is 4. The van der Waals surface area contributed by atoms with Crippen LogP contribution in [0.4, 0.5) is 0 Å². The van der Waals surface area contributed by atoms with Crippen LogP contribution in [0.2, 0.25) is 0 Å². The molecule has 1 heterocycles. The SMILES string of the molecule is CC(C)NCC1(O)CCN(S(C)(=O)=O)CC1. The van der Waals surface area contributed by atoms with E-state index in [2.05, 4.69) is 5.32 Å². The summed E-state index contributed by atoms with van der Waals surface area (Å²) >= 11 is 0. The summed E-state index contributed by atoms with van der Waals surface area (Å²) in [7, 11) is -3.11. The lowest BCUT2D eigenvalue weighted by Gasteiger charge is -2.37. The van der Waals surface area contributed by atoms with Crippen LogP contribution in [0.1, 0.15) is 26.7 Å². The molecule has 0 bridgehead atoms. The van der Waals surface area contributed by atoms with Crippen LogP contribution in [0.3, 0.4) is 0 Å². The first-order valence-electron chi connectivity index (χ1n) is 5.64. The van der Waals surface area contributed by atoms with Crippen molar-refractivity contribution in [1.29, 1.82) is 0 Å². The van der Waals surface area contributed by atoms with E-state index in [-0.39, 0.29) is 0 Å². The van der Waals surface area contributed by atoms with Gasteiger partial charge in [-0.1, -0.05) is 13.8 Å². The summed E-state index contributed by atoms with van der Waals surface area (Å²) in [6.45, 7) is 5.40. The van der Waals surface area contributed by atoms with E-state index in [4.69, 9.17) is 0 Å². The third-order valence-corrected chi connectivity index (χ3v) is 4.26. The van der Waals surface area contributed by atoms with E-state index < -0.39 is 15.6 Å². The van der Waals surface area contributed by atoms with Gasteiger partial charge in [0.1, 0.15) is 0 Å². The number of hydrogen-bond donors (Lipinski definition) is 2. The lowest BCUT2D eigenvalue weighted by molar-refractivity contribution is -0.00511. The van der Waals surface area contributed by atoms with Crippen molar-refractivity contribution in [2.24, 2.45) is 0 Å². The minimum absolute atomic E-state index is 0.331. The molecule has 0 spiro atoms. The van der Waals surface area contributed by atoms with Gasteiger partial charge in [-0.25, -0.2) is 12.7 Å². The molecule has 0 aliphatic carbocycles. The van der Waals surface area contributed by atoms with Crippen molar-refractivity contribution in [2.45, 2.75) is 38.3 Å². The van der Waals surface area contributed by atoms with Gasteiger partial charge >= 0.3 is 0 Å². The van der Waals surface area contributed by atoms with E-state index in [9.17, 15) is 13.5 Å². The van der Waals surface area contributed by atoms with Crippen molar-refractivity contribution in [3.63, 3.8) is 0 Å². The van der Waals surface area contributed by atoms with Crippen LogP contribution in [-0.4, -0.2) is 55.4 Å². The Morgan fingerprint density at radius 3 is 2.25 bits per heavy atom. The maximum atomic E-state index is 11.3. The fourth-order valence-electron chi connectivity index (χ4n) is 1.80. The molecule has 0 unspecified atom stereocenters. The van der Waals surface area contributed by atoms with Gasteiger partial charge in [0.25, 0.3) is 0 Å². The maximum absolute atomic E-state index is 11.3. The number of nitrogens with zero attached hydrogens (tertiary/aromatic N) is 1. The Morgan fingerprint density at radius 1 is 1.38 bits per heavy atom. The lowest BCUT2D eigenvalue weighted by Crippen LogP contribution is -2.51. The molecule has 1 aliphatic heterocycles. The molecule has 96 valence electrons. The average Bonchev–Trinajstić information content (AvgIpc) is 2.14. The summed E-state index contributed by atoms with van der Waals surface area (Å²) in [4.78, 5) is 0. The molecular formula is C10H22N2O3S. The first kappa shape index (κ1) is 13.9. The second kappa shape index (κ2) is 5.00. The van der Waals surface area contributed by atoms with E-state index in [1.54, 1.807) is 0 Å². The molecule has 16 heavy (non-hydrogen) atoms. The van der Waals surface area contributed by atoms with Crippen molar-refractivity contribution in [2.75, 3.05) is 25.9 Å². The van der Waals surface area contributed by atoms with Crippen molar-refractivity contribution in [3.8, 4) is 0 Å². The van der Waals surface area contributed by atoms with Gasteiger partial charge in [0.05, 0.1) is 11.9 Å². The summed E-state index contributed by atoms with van der Waals surface area (Å²) in [5.74, 6) is 0. The van der Waals surface area contributed by atoms with Gasteiger partial charge in [0.2, 0.25) is 10.0 Å². The zero-order valence-corrected chi connectivity index (χ0v) is 11.0. The molecule has 0 aromatic carbocycles. The van der Waals surface area contributed by atoms with E-state index >= 15 is 0 Å². The maximum Gasteiger partial charge on any atom is 0.211 e. The molecule has 0 saturated carbocycles. The molecule has 1 aliphatic rings. The third-order valence-electron chi connectivity index (χ3n) is 2.96. The normalized spacial score (nSPS) is 22.6. The monoisotopic (exact) mass is 250 g/mol. The van der Waals surface area contributed by atoms with Gasteiger partial charge in [-0.05, 0) is 12.8 Å². The highest BCUT2D eigenvalue weighted by Crippen LogP contribution is 2.22. The number of aliphatic hydroxyl groups is 1. The van der Waals surface area contributed by atoms with Crippen LogP contribution in [0.15, 0.2) is 0 Å². The van der Waals surface area contributed by atoms with Crippen LogP contribution in [0.5, 0.6) is 0 Å². The van der Waals surface area contributed by atoms with Gasteiger partial charge in [-0.3, -0.25) is 0 Å².